The maximum Gasteiger partial charge on any atom is 0.385 e. The molecule has 0 aromatic heterocycles. The summed E-state index contributed by atoms with van der Waals surface area (Å²) >= 11 is -3.11. The molecule has 0 amide bonds. The van der Waals surface area contributed by atoms with Crippen molar-refractivity contribution in [3.05, 3.63) is 34.8 Å². The van der Waals surface area contributed by atoms with Gasteiger partial charge in [-0.2, -0.15) is 0 Å². The lowest BCUT2D eigenvalue weighted by Gasteiger charge is -2.03. The van der Waals surface area contributed by atoms with Crippen LogP contribution in [0.1, 0.15) is 5.56 Å². The molecule has 1 aromatic rings. The van der Waals surface area contributed by atoms with Gasteiger partial charge in [0.25, 0.3) is 0 Å². The van der Waals surface area contributed by atoms with E-state index in [9.17, 15) is 0 Å². The third-order valence-electron chi connectivity index (χ3n) is 1.23. The average molecular weight is 215 g/mol. The highest BCUT2D eigenvalue weighted by atomic mass is 32.2. The second-order valence-corrected chi connectivity index (χ2v) is 2.54. The Morgan fingerprint density at radius 3 is 2.07 bits per heavy atom. The minimum absolute atomic E-state index is 0.0196. The molecule has 1 aromatic carbocycles. The molecule has 7 heteroatoms. The van der Waals surface area contributed by atoms with Crippen molar-refractivity contribution in [3.8, 4) is 0 Å². The first-order valence-electron chi connectivity index (χ1n) is 3.41. The van der Waals surface area contributed by atoms with E-state index in [-0.39, 0.29) is 6.61 Å². The summed E-state index contributed by atoms with van der Waals surface area (Å²) in [6, 6.07) is 6.67. The Labute approximate surface area is 82.9 Å². The van der Waals surface area contributed by atoms with Crippen LogP contribution in [0.4, 0.5) is 5.69 Å². The van der Waals surface area contributed by atoms with Crippen molar-refractivity contribution in [3.63, 3.8) is 0 Å². The Hall–Kier alpha value is -1.33. The Morgan fingerprint density at radius 1 is 1.36 bits per heavy atom. The first-order valence-corrected chi connectivity index (χ1v) is 4.41. The van der Waals surface area contributed by atoms with E-state index in [1.807, 2.05) is 0 Å². The quantitative estimate of drug-likeness (QED) is 0.546. The van der Waals surface area contributed by atoms with Gasteiger partial charge >= 0.3 is 5.69 Å². The van der Waals surface area contributed by atoms with Crippen molar-refractivity contribution in [2.45, 2.75) is 6.61 Å². The topological polar surface area (TPSA) is 112 Å². The highest BCUT2D eigenvalue weighted by Crippen LogP contribution is 2.11. The van der Waals surface area contributed by atoms with Gasteiger partial charge in [-0.15, -0.1) is 11.4 Å². The Morgan fingerprint density at radius 2 is 1.79 bits per heavy atom. The largest absolute Gasteiger partial charge is 0.784 e. The lowest BCUT2D eigenvalue weighted by Crippen LogP contribution is -1.78. The van der Waals surface area contributed by atoms with Gasteiger partial charge in [0.05, 0.1) is 6.61 Å². The molecule has 14 heavy (non-hydrogen) atoms. The minimum Gasteiger partial charge on any atom is -0.784 e. The number of hydrogen-bond acceptors (Lipinski definition) is 5. The van der Waals surface area contributed by atoms with Gasteiger partial charge in [0.15, 0.2) is 4.98 Å². The zero-order valence-electron chi connectivity index (χ0n) is 6.99. The van der Waals surface area contributed by atoms with Crippen LogP contribution in [0.2, 0.25) is 0 Å². The van der Waals surface area contributed by atoms with Crippen LogP contribution in [0.5, 0.6) is 0 Å². The van der Waals surface area contributed by atoms with Crippen LogP contribution in [-0.4, -0.2) is 18.4 Å². The van der Waals surface area contributed by atoms with E-state index in [2.05, 4.69) is 4.98 Å². The molecule has 6 nitrogen and oxygen atoms in total. The smallest absolute Gasteiger partial charge is 0.385 e. The average Bonchev–Trinajstić information content (AvgIpc) is 2.17. The van der Waals surface area contributed by atoms with Gasteiger partial charge in [-0.1, -0.05) is 0 Å². The molecule has 0 atom stereocenters. The van der Waals surface area contributed by atoms with E-state index < -0.39 is 11.4 Å². The molecule has 0 unspecified atom stereocenters. The van der Waals surface area contributed by atoms with E-state index in [1.54, 1.807) is 24.3 Å². The number of nitrogens with zero attached hydrogens (tertiary/aromatic N) is 2. The maximum atomic E-state index is 8.61. The third-order valence-corrected chi connectivity index (χ3v) is 1.23. The molecule has 0 spiro atoms. The number of aliphatic hydroxyl groups is 1. The SMILES string of the molecule is N#[N+]c1ccc(CO)cc1.O=S([O-])[O-]. The first-order chi connectivity index (χ1) is 6.60. The van der Waals surface area contributed by atoms with Crippen LogP contribution in [-0.2, 0) is 18.0 Å². The van der Waals surface area contributed by atoms with Crippen molar-refractivity contribution >= 4 is 17.0 Å². The molecule has 0 heterocycles. The lowest BCUT2D eigenvalue weighted by molar-refractivity contribution is 0.282. The predicted octanol–water partition coefficient (Wildman–Crippen LogP) is 0.659. The maximum absolute atomic E-state index is 8.61. The van der Waals surface area contributed by atoms with Gasteiger partial charge in [-0.3, -0.25) is 4.21 Å². The van der Waals surface area contributed by atoms with Crippen molar-refractivity contribution in [1.29, 1.82) is 5.39 Å². The fourth-order valence-corrected chi connectivity index (χ4v) is 0.668. The van der Waals surface area contributed by atoms with E-state index >= 15 is 0 Å². The monoisotopic (exact) mass is 215 g/mol. The summed E-state index contributed by atoms with van der Waals surface area (Å²) in [4.78, 5) is 2.96. The molecule has 0 radical (unpaired) electrons. The van der Waals surface area contributed by atoms with Crippen molar-refractivity contribution in [2.24, 2.45) is 0 Å². The molecule has 0 bridgehead atoms. The van der Waals surface area contributed by atoms with Crippen LogP contribution in [0, 0.1) is 5.39 Å². The molecule has 1 rings (SSSR count). The van der Waals surface area contributed by atoms with Gasteiger partial charge < -0.3 is 14.2 Å². The summed E-state index contributed by atoms with van der Waals surface area (Å²) in [6.07, 6.45) is 0. The summed E-state index contributed by atoms with van der Waals surface area (Å²) in [6.45, 7) is 0.0196. The molecular formula is C7H7N2O4S-. The normalized spacial score (nSPS) is 8.79. The zero-order valence-corrected chi connectivity index (χ0v) is 7.81. The minimum atomic E-state index is -3.11. The molecule has 76 valence electrons. The van der Waals surface area contributed by atoms with Gasteiger partial charge in [0, 0.05) is 12.1 Å². The second kappa shape index (κ2) is 7.11. The summed E-state index contributed by atoms with van der Waals surface area (Å²) in [5.74, 6) is 0. The lowest BCUT2D eigenvalue weighted by atomic mass is 10.2. The Kier molecular flexibility index (Phi) is 6.43. The highest BCUT2D eigenvalue weighted by Gasteiger charge is 2.00. The fraction of sp³-hybridized carbons (Fsp3) is 0.143. The number of hydrogen-bond donors (Lipinski definition) is 1. The first kappa shape index (κ1) is 12.7. The summed E-state index contributed by atoms with van der Waals surface area (Å²) in [5.41, 5.74) is 1.31. The fourth-order valence-electron chi connectivity index (χ4n) is 0.668. The zero-order chi connectivity index (χ0) is 11.0. The number of diazo groups is 1. The Balaban J connectivity index is 0.000000364. The van der Waals surface area contributed by atoms with Gasteiger partial charge in [0.1, 0.15) is 0 Å². The third kappa shape index (κ3) is 6.22. The van der Waals surface area contributed by atoms with Crippen LogP contribution in [0.25, 0.3) is 4.98 Å². The van der Waals surface area contributed by atoms with Crippen LogP contribution in [0.15, 0.2) is 24.3 Å². The van der Waals surface area contributed by atoms with Gasteiger partial charge in [-0.25, -0.2) is 0 Å². The van der Waals surface area contributed by atoms with Crippen LogP contribution in [0.3, 0.4) is 0 Å². The summed E-state index contributed by atoms with van der Waals surface area (Å²) < 4.78 is 25.3. The molecule has 0 saturated heterocycles. The van der Waals surface area contributed by atoms with E-state index in [1.165, 1.54) is 0 Å². The molecule has 0 aliphatic heterocycles. The summed E-state index contributed by atoms with van der Waals surface area (Å²) in [5, 5.41) is 16.9. The Bertz CT molecular complexity index is 329. The van der Waals surface area contributed by atoms with Crippen molar-refractivity contribution < 1.29 is 18.4 Å². The van der Waals surface area contributed by atoms with Crippen LogP contribution >= 0.6 is 0 Å². The number of rotatable bonds is 1. The molecule has 0 saturated carbocycles. The molecule has 0 fully saturated rings. The number of benzene rings is 1. The van der Waals surface area contributed by atoms with E-state index in [4.69, 9.17) is 23.8 Å². The van der Waals surface area contributed by atoms with Crippen LogP contribution < -0.4 is 0 Å². The van der Waals surface area contributed by atoms with Gasteiger partial charge in [0.2, 0.25) is 5.39 Å². The molecule has 0 aliphatic rings. The molecule has 1 N–H and O–H groups in total. The standard InChI is InChI=1S/C7H7N2O.H2O3S/c8-9-7-3-1-6(5-10)2-4-7;1-4(2)3/h1-4,10H,5H2;(H2,1,2,3)/q+1;/p-2. The molecular weight excluding hydrogens is 208 g/mol. The van der Waals surface area contributed by atoms with Gasteiger partial charge in [-0.05, 0) is 17.7 Å². The van der Waals surface area contributed by atoms with Crippen molar-refractivity contribution in [1.82, 2.24) is 0 Å². The summed E-state index contributed by atoms with van der Waals surface area (Å²) in [7, 11) is 0. The highest BCUT2D eigenvalue weighted by molar-refractivity contribution is 7.72. The number of aliphatic hydroxyl groups excluding tert-OH is 1. The predicted molar refractivity (Wildman–Crippen MR) is 46.8 cm³/mol. The van der Waals surface area contributed by atoms with Crippen molar-refractivity contribution in [2.75, 3.05) is 0 Å². The molecule has 0 aliphatic carbocycles. The van der Waals surface area contributed by atoms with E-state index in [0.717, 1.165) is 5.56 Å². The second-order valence-electron chi connectivity index (χ2n) is 2.13. The van der Waals surface area contributed by atoms with E-state index in [0.29, 0.717) is 5.69 Å².